The van der Waals surface area contributed by atoms with E-state index < -0.39 is 5.60 Å². The number of likely N-dealkylation sites (tertiary alicyclic amines) is 1. The molecule has 0 amide bonds. The summed E-state index contributed by atoms with van der Waals surface area (Å²) in [6.45, 7) is 8.96. The van der Waals surface area contributed by atoms with Gasteiger partial charge in [-0.3, -0.25) is 9.69 Å². The van der Waals surface area contributed by atoms with Crippen LogP contribution in [0, 0.1) is 6.92 Å². The molecule has 2 heterocycles. The van der Waals surface area contributed by atoms with Gasteiger partial charge in [-0.1, -0.05) is 10.3 Å². The van der Waals surface area contributed by atoms with Crippen molar-refractivity contribution in [3.63, 3.8) is 0 Å². The lowest BCUT2D eigenvalue weighted by Crippen LogP contribution is -2.40. The Hall–Kier alpha value is -1.43. The second-order valence-electron chi connectivity index (χ2n) is 5.96. The molecule has 0 N–H and O–H groups in total. The van der Waals surface area contributed by atoms with E-state index in [1.165, 1.54) is 0 Å². The number of ether oxygens (including phenoxy) is 1. The molecule has 0 unspecified atom stereocenters. The van der Waals surface area contributed by atoms with Gasteiger partial charge in [-0.05, 0) is 47.1 Å². The van der Waals surface area contributed by atoms with Crippen LogP contribution in [0.3, 0.4) is 0 Å². The summed E-state index contributed by atoms with van der Waals surface area (Å²) in [4.78, 5) is 14.2. The number of aromatic nitrogens is 2. The van der Waals surface area contributed by atoms with Crippen LogP contribution in [0.25, 0.3) is 0 Å². The molecule has 0 aliphatic carbocycles. The van der Waals surface area contributed by atoms with Gasteiger partial charge in [-0.2, -0.15) is 0 Å². The first kappa shape index (κ1) is 14.0. The predicted molar refractivity (Wildman–Crippen MR) is 68.3 cm³/mol. The van der Waals surface area contributed by atoms with Crippen LogP contribution in [0.15, 0.2) is 4.63 Å². The Balaban J connectivity index is 2.01. The predicted octanol–water partition coefficient (Wildman–Crippen LogP) is 1.68. The van der Waals surface area contributed by atoms with Gasteiger partial charge in [0.2, 0.25) is 0 Å². The Labute approximate surface area is 113 Å². The summed E-state index contributed by atoms with van der Waals surface area (Å²) in [6, 6.07) is -0.185. The number of carbonyl (C=O) groups excluding carboxylic acids is 1. The van der Waals surface area contributed by atoms with E-state index in [1.54, 1.807) is 0 Å². The van der Waals surface area contributed by atoms with Gasteiger partial charge in [0, 0.05) is 6.54 Å². The molecule has 1 aliphatic rings. The van der Waals surface area contributed by atoms with Gasteiger partial charge >= 0.3 is 5.97 Å². The lowest BCUT2D eigenvalue weighted by Gasteiger charge is -2.26. The van der Waals surface area contributed by atoms with Crippen LogP contribution in [0.5, 0.6) is 0 Å². The van der Waals surface area contributed by atoms with Crippen LogP contribution in [-0.2, 0) is 16.1 Å². The number of esters is 1. The second kappa shape index (κ2) is 5.28. The van der Waals surface area contributed by atoms with Crippen molar-refractivity contribution in [1.82, 2.24) is 15.2 Å². The SMILES string of the molecule is Cc1nonc1CN1CCC[C@H]1C(=O)OC(C)(C)C. The zero-order valence-corrected chi connectivity index (χ0v) is 12.0. The molecule has 0 aromatic carbocycles. The summed E-state index contributed by atoms with van der Waals surface area (Å²) in [5, 5.41) is 7.63. The molecule has 0 radical (unpaired) electrons. The van der Waals surface area contributed by atoms with Gasteiger partial charge in [0.25, 0.3) is 0 Å². The summed E-state index contributed by atoms with van der Waals surface area (Å²) in [5.41, 5.74) is 1.11. The van der Waals surface area contributed by atoms with E-state index >= 15 is 0 Å². The van der Waals surface area contributed by atoms with E-state index in [0.29, 0.717) is 6.54 Å². The first-order chi connectivity index (χ1) is 8.87. The van der Waals surface area contributed by atoms with E-state index in [-0.39, 0.29) is 12.0 Å². The lowest BCUT2D eigenvalue weighted by molar-refractivity contribution is -0.160. The molecule has 0 bridgehead atoms. The number of carbonyl (C=O) groups is 1. The summed E-state index contributed by atoms with van der Waals surface area (Å²) < 4.78 is 10.2. The largest absolute Gasteiger partial charge is 0.459 e. The maximum Gasteiger partial charge on any atom is 0.323 e. The summed E-state index contributed by atoms with van der Waals surface area (Å²) >= 11 is 0. The monoisotopic (exact) mass is 267 g/mol. The molecule has 2 rings (SSSR count). The Morgan fingerprint density at radius 3 is 2.79 bits per heavy atom. The summed E-state index contributed by atoms with van der Waals surface area (Å²) in [6.07, 6.45) is 1.83. The van der Waals surface area contributed by atoms with Gasteiger partial charge in [-0.15, -0.1) is 0 Å². The van der Waals surface area contributed by atoms with Crippen LogP contribution in [0.4, 0.5) is 0 Å². The molecule has 6 heteroatoms. The van der Waals surface area contributed by atoms with Crippen LogP contribution in [0.1, 0.15) is 45.0 Å². The van der Waals surface area contributed by atoms with Gasteiger partial charge < -0.3 is 4.74 Å². The van der Waals surface area contributed by atoms with Crippen molar-refractivity contribution in [2.24, 2.45) is 0 Å². The zero-order valence-electron chi connectivity index (χ0n) is 12.0. The topological polar surface area (TPSA) is 68.5 Å². The maximum absolute atomic E-state index is 12.2. The molecular weight excluding hydrogens is 246 g/mol. The standard InChI is InChI=1S/C13H21N3O3/c1-9-10(15-19-14-9)8-16-7-5-6-11(16)12(17)18-13(2,3)4/h11H,5-8H2,1-4H3/t11-/m0/s1. The van der Waals surface area contributed by atoms with E-state index in [0.717, 1.165) is 30.8 Å². The molecule has 0 spiro atoms. The normalized spacial score (nSPS) is 20.7. The lowest BCUT2D eigenvalue weighted by atomic mass is 10.1. The number of hydrogen-bond acceptors (Lipinski definition) is 6. The van der Waals surface area contributed by atoms with Gasteiger partial charge in [-0.25, -0.2) is 4.63 Å². The molecule has 106 valence electrons. The molecule has 6 nitrogen and oxygen atoms in total. The van der Waals surface area contributed by atoms with Gasteiger partial charge in [0.05, 0.1) is 0 Å². The zero-order chi connectivity index (χ0) is 14.0. The Morgan fingerprint density at radius 1 is 1.47 bits per heavy atom. The Bertz CT molecular complexity index is 450. The molecule has 1 aromatic heterocycles. The van der Waals surface area contributed by atoms with Crippen LogP contribution >= 0.6 is 0 Å². The highest BCUT2D eigenvalue weighted by molar-refractivity contribution is 5.76. The molecule has 0 saturated carbocycles. The molecule has 1 aliphatic heterocycles. The third-order valence-corrected chi connectivity index (χ3v) is 3.14. The number of hydrogen-bond donors (Lipinski definition) is 0. The average Bonchev–Trinajstić information content (AvgIpc) is 2.87. The fourth-order valence-electron chi connectivity index (χ4n) is 2.24. The minimum Gasteiger partial charge on any atom is -0.459 e. The molecule has 1 saturated heterocycles. The number of aryl methyl sites for hydroxylation is 1. The fourth-order valence-corrected chi connectivity index (χ4v) is 2.24. The molecule has 1 aromatic rings. The van der Waals surface area contributed by atoms with E-state index in [9.17, 15) is 4.79 Å². The van der Waals surface area contributed by atoms with Crippen molar-refractivity contribution in [3.05, 3.63) is 11.4 Å². The minimum atomic E-state index is -0.448. The van der Waals surface area contributed by atoms with Gasteiger partial charge in [0.15, 0.2) is 0 Å². The average molecular weight is 267 g/mol. The first-order valence-electron chi connectivity index (χ1n) is 6.62. The third kappa shape index (κ3) is 3.53. The Kier molecular flexibility index (Phi) is 3.89. The molecule has 19 heavy (non-hydrogen) atoms. The molecular formula is C13H21N3O3. The highest BCUT2D eigenvalue weighted by atomic mass is 16.6. The highest BCUT2D eigenvalue weighted by Crippen LogP contribution is 2.23. The van der Waals surface area contributed by atoms with Crippen molar-refractivity contribution < 1.29 is 14.2 Å². The van der Waals surface area contributed by atoms with E-state index in [2.05, 4.69) is 19.8 Å². The quantitative estimate of drug-likeness (QED) is 0.776. The second-order valence-corrected chi connectivity index (χ2v) is 5.96. The van der Waals surface area contributed by atoms with Crippen molar-refractivity contribution in [1.29, 1.82) is 0 Å². The molecule has 1 fully saturated rings. The molecule has 1 atom stereocenters. The van der Waals surface area contributed by atoms with Crippen molar-refractivity contribution >= 4 is 5.97 Å². The first-order valence-corrected chi connectivity index (χ1v) is 6.62. The van der Waals surface area contributed by atoms with E-state index in [4.69, 9.17) is 4.74 Å². The summed E-state index contributed by atoms with van der Waals surface area (Å²) in [7, 11) is 0. The maximum atomic E-state index is 12.2. The van der Waals surface area contributed by atoms with Gasteiger partial charge in [0.1, 0.15) is 23.0 Å². The van der Waals surface area contributed by atoms with Crippen molar-refractivity contribution in [2.45, 2.75) is 58.7 Å². The summed E-state index contributed by atoms with van der Waals surface area (Å²) in [5.74, 6) is -0.154. The van der Waals surface area contributed by atoms with E-state index in [1.807, 2.05) is 27.7 Å². The number of nitrogens with zero attached hydrogens (tertiary/aromatic N) is 3. The van der Waals surface area contributed by atoms with Crippen LogP contribution in [-0.4, -0.2) is 39.4 Å². The van der Waals surface area contributed by atoms with Crippen molar-refractivity contribution in [3.8, 4) is 0 Å². The number of rotatable bonds is 3. The minimum absolute atomic E-state index is 0.154. The fraction of sp³-hybridized carbons (Fsp3) is 0.769. The Morgan fingerprint density at radius 2 is 2.21 bits per heavy atom. The van der Waals surface area contributed by atoms with Crippen molar-refractivity contribution in [2.75, 3.05) is 6.54 Å². The van der Waals surface area contributed by atoms with Crippen LogP contribution < -0.4 is 0 Å². The van der Waals surface area contributed by atoms with Crippen LogP contribution in [0.2, 0.25) is 0 Å². The highest BCUT2D eigenvalue weighted by Gasteiger charge is 2.34. The third-order valence-electron chi connectivity index (χ3n) is 3.14. The smallest absolute Gasteiger partial charge is 0.323 e.